The first-order valence-electron chi connectivity index (χ1n) is 4.83. The molecular formula is C12H10ClN3. The maximum atomic E-state index is 9.02. The van der Waals surface area contributed by atoms with E-state index in [0.29, 0.717) is 11.6 Å². The molecule has 0 N–H and O–H groups in total. The first-order valence-corrected chi connectivity index (χ1v) is 5.37. The van der Waals surface area contributed by atoms with Crippen LogP contribution in [0.15, 0.2) is 30.7 Å². The molecule has 2 aromatic rings. The fraction of sp³-hybridized carbons (Fsp3) is 0.167. The van der Waals surface area contributed by atoms with Crippen LogP contribution in [0.2, 0.25) is 0 Å². The van der Waals surface area contributed by atoms with Crippen molar-refractivity contribution in [1.82, 2.24) is 9.55 Å². The Balaban J connectivity index is 2.54. The second kappa shape index (κ2) is 4.38. The van der Waals surface area contributed by atoms with E-state index in [1.807, 2.05) is 31.3 Å². The van der Waals surface area contributed by atoms with Gasteiger partial charge in [-0.1, -0.05) is 11.6 Å². The average molecular weight is 232 g/mol. The largest absolute Gasteiger partial charge is 0.323 e. The summed E-state index contributed by atoms with van der Waals surface area (Å²) in [7, 11) is 0. The van der Waals surface area contributed by atoms with Gasteiger partial charge in [0.25, 0.3) is 0 Å². The highest BCUT2D eigenvalue weighted by Gasteiger charge is 2.07. The summed E-state index contributed by atoms with van der Waals surface area (Å²) < 4.78 is 1.76. The number of hydrogen-bond donors (Lipinski definition) is 0. The van der Waals surface area contributed by atoms with Crippen LogP contribution < -0.4 is 0 Å². The number of benzene rings is 1. The topological polar surface area (TPSA) is 41.6 Å². The maximum absolute atomic E-state index is 9.02. The van der Waals surface area contributed by atoms with E-state index < -0.39 is 0 Å². The Morgan fingerprint density at radius 1 is 1.50 bits per heavy atom. The van der Waals surface area contributed by atoms with Crippen LogP contribution in [-0.2, 0) is 6.00 Å². The summed E-state index contributed by atoms with van der Waals surface area (Å²) >= 11 is 5.69. The first kappa shape index (κ1) is 10.7. The Morgan fingerprint density at radius 2 is 2.31 bits per heavy atom. The minimum absolute atomic E-state index is 0.362. The molecule has 0 unspecified atom stereocenters. The molecule has 1 aromatic carbocycles. The predicted molar refractivity (Wildman–Crippen MR) is 63.0 cm³/mol. The zero-order valence-corrected chi connectivity index (χ0v) is 9.57. The highest BCUT2D eigenvalue weighted by molar-refractivity contribution is 6.15. The lowest BCUT2D eigenvalue weighted by Gasteiger charge is -2.01. The average Bonchev–Trinajstić information content (AvgIpc) is 2.77. The Bertz CT molecular complexity index is 552. The Hall–Kier alpha value is -1.79. The fourth-order valence-electron chi connectivity index (χ4n) is 1.53. The van der Waals surface area contributed by atoms with Crippen molar-refractivity contribution in [3.05, 3.63) is 41.9 Å². The highest BCUT2D eigenvalue weighted by Crippen LogP contribution is 2.22. The molecule has 0 amide bonds. The lowest BCUT2D eigenvalue weighted by molar-refractivity contribution is 0.881. The van der Waals surface area contributed by atoms with Crippen LogP contribution in [0, 0.1) is 18.3 Å². The van der Waals surface area contributed by atoms with Gasteiger partial charge >= 0.3 is 0 Å². The molecule has 4 heteroatoms. The molecule has 0 spiro atoms. The van der Waals surface area contributed by atoms with Gasteiger partial charge in [-0.2, -0.15) is 5.26 Å². The van der Waals surface area contributed by atoms with E-state index in [1.165, 1.54) is 0 Å². The van der Waals surface area contributed by atoms with Crippen LogP contribution in [0.4, 0.5) is 0 Å². The van der Waals surface area contributed by atoms with Gasteiger partial charge in [-0.05, 0) is 19.1 Å². The van der Waals surface area contributed by atoms with Crippen LogP contribution in [0.3, 0.4) is 0 Å². The molecular weight excluding hydrogens is 222 g/mol. The van der Waals surface area contributed by atoms with Crippen LogP contribution in [0.5, 0.6) is 0 Å². The summed E-state index contributed by atoms with van der Waals surface area (Å²) in [5.41, 5.74) is 3.37. The Morgan fingerprint density at radius 3 is 2.94 bits per heavy atom. The van der Waals surface area contributed by atoms with Gasteiger partial charge in [0.05, 0.1) is 29.7 Å². The minimum atomic E-state index is 0.362. The van der Waals surface area contributed by atoms with Gasteiger partial charge in [0.15, 0.2) is 0 Å². The van der Waals surface area contributed by atoms with Gasteiger partial charge < -0.3 is 4.57 Å². The van der Waals surface area contributed by atoms with Gasteiger partial charge in [-0.3, -0.25) is 0 Å². The van der Waals surface area contributed by atoms with Crippen LogP contribution in [0.25, 0.3) is 11.3 Å². The van der Waals surface area contributed by atoms with Gasteiger partial charge in [0.1, 0.15) is 0 Å². The molecule has 0 bridgehead atoms. The van der Waals surface area contributed by atoms with Gasteiger partial charge in [-0.25, -0.2) is 4.98 Å². The molecule has 1 aromatic heterocycles. The van der Waals surface area contributed by atoms with E-state index >= 15 is 0 Å². The molecule has 0 saturated heterocycles. The lowest BCUT2D eigenvalue weighted by Crippen LogP contribution is -1.87. The summed E-state index contributed by atoms with van der Waals surface area (Å²) in [6, 6.07) is 8.21. The molecule has 0 aliphatic carbocycles. The number of nitriles is 1. The smallest absolute Gasteiger partial charge is 0.0998 e. The number of rotatable bonds is 2. The van der Waals surface area contributed by atoms with Gasteiger partial charge in [0, 0.05) is 11.8 Å². The second-order valence-electron chi connectivity index (χ2n) is 3.55. The van der Waals surface area contributed by atoms with Crippen molar-refractivity contribution in [2.24, 2.45) is 0 Å². The summed E-state index contributed by atoms with van der Waals surface area (Å²) in [5, 5.41) is 9.02. The standard InChI is InChI=1S/C12H10ClN3/c1-9-2-3-10(5-14)11(4-9)12-6-16(7-13)8-15-12/h2-4,6,8H,7H2,1H3. The summed E-state index contributed by atoms with van der Waals surface area (Å²) in [6.45, 7) is 1.99. The van der Waals surface area contributed by atoms with E-state index in [9.17, 15) is 0 Å². The molecule has 16 heavy (non-hydrogen) atoms. The fourth-order valence-corrected chi connectivity index (χ4v) is 1.66. The van der Waals surface area contributed by atoms with E-state index in [0.717, 1.165) is 16.8 Å². The van der Waals surface area contributed by atoms with Gasteiger partial charge in [0.2, 0.25) is 0 Å². The number of halogens is 1. The molecule has 2 rings (SSSR count). The third-order valence-corrected chi connectivity index (χ3v) is 2.62. The number of nitrogens with zero attached hydrogens (tertiary/aromatic N) is 3. The van der Waals surface area contributed by atoms with Crippen molar-refractivity contribution in [3.63, 3.8) is 0 Å². The van der Waals surface area contributed by atoms with Crippen LogP contribution in [0.1, 0.15) is 11.1 Å². The molecule has 0 atom stereocenters. The van der Waals surface area contributed by atoms with E-state index in [4.69, 9.17) is 16.9 Å². The quantitative estimate of drug-likeness (QED) is 0.746. The van der Waals surface area contributed by atoms with Crippen molar-refractivity contribution in [2.75, 3.05) is 0 Å². The van der Waals surface area contributed by atoms with Crippen LogP contribution in [-0.4, -0.2) is 9.55 Å². The molecule has 80 valence electrons. The van der Waals surface area contributed by atoms with Crippen molar-refractivity contribution < 1.29 is 0 Å². The number of aryl methyl sites for hydroxylation is 1. The summed E-state index contributed by atoms with van der Waals surface area (Å²) in [5.74, 6) is 0. The molecule has 3 nitrogen and oxygen atoms in total. The number of aromatic nitrogens is 2. The molecule has 0 fully saturated rings. The Kier molecular flexibility index (Phi) is 2.93. The SMILES string of the molecule is Cc1ccc(C#N)c(-c2cn(CCl)cn2)c1. The molecule has 1 heterocycles. The third-order valence-electron chi connectivity index (χ3n) is 2.34. The van der Waals surface area contributed by atoms with Crippen molar-refractivity contribution >= 4 is 11.6 Å². The van der Waals surface area contributed by atoms with E-state index in [2.05, 4.69) is 11.1 Å². The van der Waals surface area contributed by atoms with Gasteiger partial charge in [-0.15, -0.1) is 11.6 Å². The third kappa shape index (κ3) is 1.93. The normalized spacial score (nSPS) is 10.1. The Labute approximate surface area is 98.9 Å². The van der Waals surface area contributed by atoms with Crippen molar-refractivity contribution in [2.45, 2.75) is 12.9 Å². The summed E-state index contributed by atoms with van der Waals surface area (Å²) in [4.78, 5) is 4.23. The predicted octanol–water partition coefficient (Wildman–Crippen LogP) is 2.93. The zero-order valence-electron chi connectivity index (χ0n) is 8.81. The number of hydrogen-bond acceptors (Lipinski definition) is 2. The van der Waals surface area contributed by atoms with E-state index in [-0.39, 0.29) is 0 Å². The molecule has 0 aliphatic rings. The van der Waals surface area contributed by atoms with E-state index in [1.54, 1.807) is 10.9 Å². The number of imidazole rings is 1. The van der Waals surface area contributed by atoms with Crippen molar-refractivity contribution in [3.8, 4) is 17.3 Å². The zero-order chi connectivity index (χ0) is 11.5. The first-order chi connectivity index (χ1) is 7.74. The minimum Gasteiger partial charge on any atom is -0.323 e. The highest BCUT2D eigenvalue weighted by atomic mass is 35.5. The van der Waals surface area contributed by atoms with Crippen LogP contribution >= 0.6 is 11.6 Å². The number of alkyl halides is 1. The molecule has 0 saturated carbocycles. The molecule has 0 aliphatic heterocycles. The molecule has 0 radical (unpaired) electrons. The lowest BCUT2D eigenvalue weighted by atomic mass is 10.0. The monoisotopic (exact) mass is 231 g/mol. The second-order valence-corrected chi connectivity index (χ2v) is 3.79. The maximum Gasteiger partial charge on any atom is 0.0998 e. The summed E-state index contributed by atoms with van der Waals surface area (Å²) in [6.07, 6.45) is 3.49. The van der Waals surface area contributed by atoms with Crippen molar-refractivity contribution in [1.29, 1.82) is 5.26 Å².